The minimum atomic E-state index is -0.565. The molecule has 150 valence electrons. The van der Waals surface area contributed by atoms with Crippen LogP contribution in [0.25, 0.3) is 6.08 Å². The largest absolute Gasteiger partial charge is 0.484 e. The van der Waals surface area contributed by atoms with E-state index in [4.69, 9.17) is 16.3 Å². The van der Waals surface area contributed by atoms with Crippen molar-refractivity contribution in [2.24, 2.45) is 5.92 Å². The van der Waals surface area contributed by atoms with Crippen LogP contribution in [0, 0.1) is 18.7 Å². The molecule has 0 saturated carbocycles. The molecule has 2 amide bonds. The maximum absolute atomic E-state index is 12.8. The Labute approximate surface area is 167 Å². The summed E-state index contributed by atoms with van der Waals surface area (Å²) in [6, 6.07) is 5.23. The predicted molar refractivity (Wildman–Crippen MR) is 104 cm³/mol. The van der Waals surface area contributed by atoms with E-state index in [1.807, 2.05) is 0 Å². The molecule has 1 heterocycles. The van der Waals surface area contributed by atoms with Gasteiger partial charge in [0.05, 0.1) is 5.69 Å². The molecular weight excluding hydrogens is 387 g/mol. The zero-order valence-electron chi connectivity index (χ0n) is 15.8. The molecule has 0 aliphatic carbocycles. The molecule has 1 aromatic carbocycles. The van der Waals surface area contributed by atoms with Gasteiger partial charge in [0, 0.05) is 18.2 Å². The molecule has 2 aromatic rings. The lowest BCUT2D eigenvalue weighted by Gasteiger charge is -2.07. The average molecular weight is 409 g/mol. The number of nitrogens with zero attached hydrogens (tertiary/aromatic N) is 2. The third kappa shape index (κ3) is 6.38. The molecule has 0 atom stereocenters. The van der Waals surface area contributed by atoms with Crippen molar-refractivity contribution in [3.8, 4) is 5.75 Å². The lowest BCUT2D eigenvalue weighted by atomic mass is 10.2. The van der Waals surface area contributed by atoms with Crippen molar-refractivity contribution in [2.45, 2.75) is 27.3 Å². The molecule has 9 heteroatoms. The number of amides is 2. The van der Waals surface area contributed by atoms with Gasteiger partial charge in [-0.2, -0.15) is 5.10 Å². The van der Waals surface area contributed by atoms with Crippen LogP contribution in [-0.2, 0) is 16.1 Å². The van der Waals surface area contributed by atoms with Crippen LogP contribution in [0.2, 0.25) is 5.15 Å². The first-order chi connectivity index (χ1) is 13.3. The molecule has 2 N–H and O–H groups in total. The molecule has 0 aliphatic heterocycles. The van der Waals surface area contributed by atoms with Crippen molar-refractivity contribution in [3.63, 3.8) is 0 Å². The molecule has 0 fully saturated rings. The highest BCUT2D eigenvalue weighted by Crippen LogP contribution is 2.22. The Balaban J connectivity index is 1.82. The van der Waals surface area contributed by atoms with Crippen LogP contribution in [-0.4, -0.2) is 28.2 Å². The summed E-state index contributed by atoms with van der Waals surface area (Å²) in [5, 5.41) is 4.80. The summed E-state index contributed by atoms with van der Waals surface area (Å²) in [5.41, 5.74) is 5.80. The summed E-state index contributed by atoms with van der Waals surface area (Å²) in [7, 11) is 0. The Morgan fingerprint density at radius 1 is 1.29 bits per heavy atom. The summed E-state index contributed by atoms with van der Waals surface area (Å²) >= 11 is 6.30. The fraction of sp³-hybridized carbons (Fsp3) is 0.316. The molecule has 0 bridgehead atoms. The molecule has 1 aromatic heterocycles. The molecular formula is C19H22ClFN4O3. The quantitative estimate of drug-likeness (QED) is 0.545. The number of halogens is 2. The second-order valence-electron chi connectivity index (χ2n) is 6.48. The van der Waals surface area contributed by atoms with Crippen LogP contribution in [0.1, 0.15) is 25.1 Å². The van der Waals surface area contributed by atoms with Crippen LogP contribution < -0.4 is 15.6 Å². The number of aryl methyl sites for hydroxylation is 1. The molecule has 2 rings (SSSR count). The van der Waals surface area contributed by atoms with Crippen molar-refractivity contribution in [2.75, 3.05) is 6.61 Å². The van der Waals surface area contributed by atoms with Gasteiger partial charge in [0.25, 0.3) is 11.8 Å². The van der Waals surface area contributed by atoms with E-state index in [2.05, 4.69) is 29.8 Å². The number of hydrogen-bond donors (Lipinski definition) is 2. The summed E-state index contributed by atoms with van der Waals surface area (Å²) in [4.78, 5) is 23.6. The van der Waals surface area contributed by atoms with Crippen molar-refractivity contribution in [3.05, 3.63) is 52.6 Å². The number of aromatic nitrogens is 2. The first kappa shape index (κ1) is 21.4. The standard InChI is InChI=1S/C19H22ClFN4O3/c1-12(2)10-25-19(20)16(13(3)24-25)8-9-17(26)22-23-18(27)11-28-15-6-4-14(21)5-7-15/h4-9,12H,10-11H2,1-3H3,(H,22,26)(H,23,27)/b9-8+. The molecule has 7 nitrogen and oxygen atoms in total. The van der Waals surface area contributed by atoms with Crippen LogP contribution in [0.3, 0.4) is 0 Å². The van der Waals surface area contributed by atoms with Gasteiger partial charge in [-0.05, 0) is 43.2 Å². The molecule has 0 spiro atoms. The first-order valence-electron chi connectivity index (χ1n) is 8.64. The van der Waals surface area contributed by atoms with Crippen LogP contribution >= 0.6 is 11.6 Å². The maximum atomic E-state index is 12.8. The number of hydrazine groups is 1. The maximum Gasteiger partial charge on any atom is 0.276 e. The molecule has 0 radical (unpaired) electrons. The molecule has 0 unspecified atom stereocenters. The Morgan fingerprint density at radius 3 is 2.61 bits per heavy atom. The monoisotopic (exact) mass is 408 g/mol. The minimum Gasteiger partial charge on any atom is -0.484 e. The van der Waals surface area contributed by atoms with Gasteiger partial charge < -0.3 is 4.74 Å². The topological polar surface area (TPSA) is 85.3 Å². The average Bonchev–Trinajstić information content (AvgIpc) is 2.90. The number of ether oxygens (including phenoxy) is 1. The van der Waals surface area contributed by atoms with Gasteiger partial charge in [-0.3, -0.25) is 25.1 Å². The Morgan fingerprint density at radius 2 is 1.96 bits per heavy atom. The smallest absolute Gasteiger partial charge is 0.276 e. The Bertz CT molecular complexity index is 863. The summed E-state index contributed by atoms with van der Waals surface area (Å²) in [6.07, 6.45) is 2.79. The number of hydrogen-bond acceptors (Lipinski definition) is 4. The van der Waals surface area contributed by atoms with Crippen molar-refractivity contribution < 1.29 is 18.7 Å². The third-order valence-corrected chi connectivity index (χ3v) is 3.96. The normalized spacial score (nSPS) is 11.1. The molecule has 0 aliphatic rings. The summed E-state index contributed by atoms with van der Waals surface area (Å²) in [5.74, 6) is -0.788. The fourth-order valence-corrected chi connectivity index (χ4v) is 2.58. The van der Waals surface area contributed by atoms with E-state index in [9.17, 15) is 14.0 Å². The van der Waals surface area contributed by atoms with Gasteiger partial charge in [0.2, 0.25) is 0 Å². The van der Waals surface area contributed by atoms with E-state index in [1.54, 1.807) is 11.6 Å². The van der Waals surface area contributed by atoms with Gasteiger partial charge in [0.1, 0.15) is 16.7 Å². The molecule has 28 heavy (non-hydrogen) atoms. The lowest BCUT2D eigenvalue weighted by Crippen LogP contribution is -2.43. The van der Waals surface area contributed by atoms with Crippen LogP contribution in [0.15, 0.2) is 30.3 Å². The van der Waals surface area contributed by atoms with E-state index in [0.29, 0.717) is 34.6 Å². The third-order valence-electron chi connectivity index (χ3n) is 3.56. The highest BCUT2D eigenvalue weighted by atomic mass is 35.5. The minimum absolute atomic E-state index is 0.331. The van der Waals surface area contributed by atoms with Crippen molar-refractivity contribution in [1.82, 2.24) is 20.6 Å². The Kier molecular flexibility index (Phi) is 7.57. The van der Waals surface area contributed by atoms with Gasteiger partial charge in [-0.25, -0.2) is 4.39 Å². The highest BCUT2D eigenvalue weighted by Gasteiger charge is 2.12. The summed E-state index contributed by atoms with van der Waals surface area (Å²) in [6.45, 7) is 6.25. The Hall–Kier alpha value is -2.87. The SMILES string of the molecule is Cc1nn(CC(C)C)c(Cl)c1/C=C/C(=O)NNC(=O)COc1ccc(F)cc1. The van der Waals surface area contributed by atoms with Gasteiger partial charge in [-0.15, -0.1) is 0 Å². The zero-order valence-corrected chi connectivity index (χ0v) is 16.6. The second kappa shape index (κ2) is 9.89. The number of carbonyl (C=O) groups is 2. The number of carbonyl (C=O) groups excluding carboxylic acids is 2. The molecule has 0 saturated heterocycles. The van der Waals surface area contributed by atoms with Crippen molar-refractivity contribution in [1.29, 1.82) is 0 Å². The van der Waals surface area contributed by atoms with Crippen LogP contribution in [0.4, 0.5) is 4.39 Å². The lowest BCUT2D eigenvalue weighted by molar-refractivity contribution is -0.128. The number of benzene rings is 1. The van der Waals surface area contributed by atoms with Gasteiger partial charge in [-0.1, -0.05) is 25.4 Å². The van der Waals surface area contributed by atoms with E-state index in [-0.39, 0.29) is 6.61 Å². The highest BCUT2D eigenvalue weighted by molar-refractivity contribution is 6.31. The first-order valence-corrected chi connectivity index (χ1v) is 9.02. The zero-order chi connectivity index (χ0) is 20.7. The van der Waals surface area contributed by atoms with Crippen molar-refractivity contribution >= 4 is 29.5 Å². The van der Waals surface area contributed by atoms with Crippen LogP contribution in [0.5, 0.6) is 5.75 Å². The van der Waals surface area contributed by atoms with E-state index >= 15 is 0 Å². The predicted octanol–water partition coefficient (Wildman–Crippen LogP) is 2.88. The summed E-state index contributed by atoms with van der Waals surface area (Å²) < 4.78 is 19.7. The van der Waals surface area contributed by atoms with Gasteiger partial charge >= 0.3 is 0 Å². The second-order valence-corrected chi connectivity index (χ2v) is 6.84. The van der Waals surface area contributed by atoms with E-state index in [0.717, 1.165) is 0 Å². The van der Waals surface area contributed by atoms with Gasteiger partial charge in [0.15, 0.2) is 6.61 Å². The fourth-order valence-electron chi connectivity index (χ4n) is 2.27. The number of nitrogens with one attached hydrogen (secondary N) is 2. The van der Waals surface area contributed by atoms with E-state index in [1.165, 1.54) is 36.4 Å². The van der Waals surface area contributed by atoms with E-state index < -0.39 is 17.6 Å². The number of rotatable bonds is 7.